The van der Waals surface area contributed by atoms with Crippen molar-refractivity contribution in [2.75, 3.05) is 12.3 Å². The molecule has 12 rings (SSSR count). The molecule has 0 aliphatic carbocycles. The van der Waals surface area contributed by atoms with Crippen LogP contribution in [0.25, 0.3) is 0 Å². The first kappa shape index (κ1) is 22.4. The molecule has 0 aromatic heterocycles. The second kappa shape index (κ2) is 3.09. The van der Waals surface area contributed by atoms with E-state index in [2.05, 4.69) is 132 Å². The summed E-state index contributed by atoms with van der Waals surface area (Å²) in [6, 6.07) is 24.9. The summed E-state index contributed by atoms with van der Waals surface area (Å²) in [5.74, 6) is 0. The van der Waals surface area contributed by atoms with Gasteiger partial charge in [0.05, 0.1) is 0 Å². The summed E-state index contributed by atoms with van der Waals surface area (Å²) in [5.41, 5.74) is 4.06. The first-order chi connectivity index (χ1) is 18.0. The Balaban J connectivity index is 1.32. The van der Waals surface area contributed by atoms with E-state index in [1.165, 1.54) is 30.2 Å². The van der Waals surface area contributed by atoms with Crippen LogP contribution in [0.2, 0.25) is 37.0 Å². The van der Waals surface area contributed by atoms with E-state index < -0.39 is 6.51 Å². The van der Waals surface area contributed by atoms with Gasteiger partial charge in [-0.1, -0.05) is 0 Å². The molecule has 1 spiro atoms. The van der Waals surface area contributed by atoms with Gasteiger partial charge >= 0.3 is 231 Å². The van der Waals surface area contributed by atoms with Crippen molar-refractivity contribution in [3.63, 3.8) is 0 Å². The van der Waals surface area contributed by atoms with Crippen LogP contribution in [0.1, 0.15) is 73.4 Å². The molecule has 3 heteroatoms. The SMILES string of the molecule is CC(C)(C)P(C[C]12[C]3(CP)[C]4(c5ccccc5)[C]5(c6ccccc6)[C]1(C(C)(C)C)[Fe]32451678[CH]2[CH]1[CH]6[CH]7[CH]28)C(C)(C)C. The Hall–Kier alpha value is -0.181. The minimum absolute atomic E-state index is 0.122. The molecule has 0 bridgehead atoms. The standard InChI is InChI=1S/C31H43P2.C5H5.Fe/c1-29(2,3)28-25(21-33(30(4,5)6)31(7,8)9)24(20-32)26(22-16-12-10-13-17-22)27(28)23-18-14-11-15-19-23;1-2-4-5-3-1;/h10-19H,20-21,32H2,1-9H3;1-5H;. The zero-order valence-corrected chi connectivity index (χ0v) is 28.6. The van der Waals surface area contributed by atoms with Crippen molar-refractivity contribution in [3.8, 4) is 0 Å². The Bertz CT molecular complexity index is 1960. The molecule has 0 N–H and O–H groups in total. The van der Waals surface area contributed by atoms with Crippen molar-refractivity contribution >= 4 is 17.2 Å². The predicted molar refractivity (Wildman–Crippen MR) is 168 cm³/mol. The molecule has 10 heterocycles. The number of hydrogen-bond donors (Lipinski definition) is 0. The number of benzene rings is 2. The molecular weight excluding hydrogens is 550 g/mol. The average Bonchev–Trinajstić information content (AvgIpc) is 3.80. The molecular formula is C36H48FeP2. The van der Waals surface area contributed by atoms with E-state index in [-0.39, 0.29) is 7.92 Å². The fourth-order valence-electron chi connectivity index (χ4n) is 26.7. The maximum atomic E-state index is 3.52. The second-order valence-corrected chi connectivity index (χ2v) is 47.1. The average molecular weight is 599 g/mol. The van der Waals surface area contributed by atoms with Crippen LogP contribution in [0.5, 0.6) is 0 Å². The topological polar surface area (TPSA) is 0 Å². The molecule has 0 radical (unpaired) electrons. The predicted octanol–water partition coefficient (Wildman–Crippen LogP) is 10.7. The molecule has 10 aliphatic heterocycles. The van der Waals surface area contributed by atoms with E-state index in [1.807, 2.05) is 11.1 Å². The summed E-state index contributed by atoms with van der Waals surface area (Å²) in [6.45, 7) is 19.5. The zero-order valence-electron chi connectivity index (χ0n) is 25.5. The van der Waals surface area contributed by atoms with Gasteiger partial charge in [-0.15, -0.1) is 0 Å². The van der Waals surface area contributed by atoms with Gasteiger partial charge in [-0.3, -0.25) is 0 Å². The molecule has 10 saturated heterocycles. The Kier molecular flexibility index (Phi) is 1.77. The molecule has 10 fully saturated rings. The third kappa shape index (κ3) is 0.454. The van der Waals surface area contributed by atoms with Crippen molar-refractivity contribution in [2.24, 2.45) is 5.41 Å². The fourth-order valence-corrected chi connectivity index (χ4v) is 123. The molecule has 2 aromatic rings. The first-order valence-electron chi connectivity index (χ1n) is 15.8. The number of hydrogen-bond acceptors (Lipinski definition) is 0. The minimum atomic E-state index is -4.50. The van der Waals surface area contributed by atoms with Gasteiger partial charge in [-0.2, -0.15) is 0 Å². The third-order valence-corrected chi connectivity index (χ3v) is 72.8. The Morgan fingerprint density at radius 3 is 1.38 bits per heavy atom. The van der Waals surface area contributed by atoms with Crippen molar-refractivity contribution in [1.82, 2.24) is 0 Å². The number of fused-ring (bicyclic) bond motifs is 10. The Labute approximate surface area is 230 Å². The van der Waals surface area contributed by atoms with Crippen LogP contribution in [0, 0.1) is 5.41 Å². The van der Waals surface area contributed by atoms with E-state index >= 15 is 0 Å². The van der Waals surface area contributed by atoms with Crippen LogP contribution in [0.15, 0.2) is 60.7 Å². The Morgan fingerprint density at radius 2 is 1.05 bits per heavy atom. The molecule has 0 saturated carbocycles. The van der Waals surface area contributed by atoms with Gasteiger partial charge in [0.25, 0.3) is 0 Å². The molecule has 0 amide bonds. The normalized spacial score (nSPS) is 67.7. The zero-order chi connectivity index (χ0) is 27.4. The van der Waals surface area contributed by atoms with E-state index in [1.54, 1.807) is 6.16 Å². The molecule has 10 aliphatic rings. The van der Waals surface area contributed by atoms with Gasteiger partial charge in [0.1, 0.15) is 0 Å². The van der Waals surface area contributed by atoms with E-state index in [0.717, 1.165) is 0 Å². The van der Waals surface area contributed by atoms with E-state index in [4.69, 9.17) is 0 Å². The van der Waals surface area contributed by atoms with Crippen molar-refractivity contribution in [3.05, 3.63) is 71.8 Å². The van der Waals surface area contributed by atoms with Crippen LogP contribution >= 0.6 is 17.2 Å². The molecule has 39 heavy (non-hydrogen) atoms. The van der Waals surface area contributed by atoms with Crippen molar-refractivity contribution < 1.29 is 6.51 Å². The summed E-state index contributed by atoms with van der Waals surface area (Å²) in [5, 5.41) is 0.797. The summed E-state index contributed by atoms with van der Waals surface area (Å²) in [7, 11) is 3.39. The van der Waals surface area contributed by atoms with Gasteiger partial charge < -0.3 is 0 Å². The molecule has 0 nitrogen and oxygen atoms in total. The monoisotopic (exact) mass is 598 g/mol. The van der Waals surface area contributed by atoms with Crippen LogP contribution in [0.4, 0.5) is 0 Å². The van der Waals surface area contributed by atoms with Gasteiger partial charge in [-0.05, 0) is 0 Å². The van der Waals surface area contributed by atoms with Crippen LogP contribution in [0.3, 0.4) is 0 Å². The van der Waals surface area contributed by atoms with Crippen molar-refractivity contribution in [2.45, 2.75) is 118 Å². The molecule has 2 aromatic carbocycles. The van der Waals surface area contributed by atoms with E-state index in [9.17, 15) is 0 Å². The summed E-state index contributed by atoms with van der Waals surface area (Å²) in [6.07, 6.45) is 3.02. The summed E-state index contributed by atoms with van der Waals surface area (Å²) >= 11 is 0. The van der Waals surface area contributed by atoms with Gasteiger partial charge in [0.15, 0.2) is 0 Å². The van der Waals surface area contributed by atoms with Gasteiger partial charge in [0, 0.05) is 0 Å². The Morgan fingerprint density at radius 1 is 0.641 bits per heavy atom. The number of rotatable bonds is 5. The first-order valence-corrected chi connectivity index (χ1v) is 24.1. The summed E-state index contributed by atoms with van der Waals surface area (Å²) < 4.78 is 3.05. The second-order valence-electron chi connectivity index (χ2n) is 20.3. The summed E-state index contributed by atoms with van der Waals surface area (Å²) in [4.78, 5) is 5.93. The molecule has 6 unspecified atom stereocenters. The molecule has 210 valence electrons. The maximum absolute atomic E-state index is 4.50. The van der Waals surface area contributed by atoms with Gasteiger partial charge in [0.2, 0.25) is 0 Å². The van der Waals surface area contributed by atoms with Crippen LogP contribution in [-0.4, -0.2) is 22.6 Å². The van der Waals surface area contributed by atoms with Crippen LogP contribution < -0.4 is 0 Å². The fraction of sp³-hybridized carbons (Fsp3) is 0.667. The molecule has 6 atom stereocenters. The quantitative estimate of drug-likeness (QED) is 0.237. The van der Waals surface area contributed by atoms with Gasteiger partial charge in [-0.25, -0.2) is 0 Å². The van der Waals surface area contributed by atoms with E-state index in [0.29, 0.717) is 37.3 Å². The third-order valence-electron chi connectivity index (χ3n) is 21.7. The van der Waals surface area contributed by atoms with Crippen molar-refractivity contribution in [1.29, 1.82) is 0 Å². The van der Waals surface area contributed by atoms with Crippen LogP contribution in [-0.2, 0) is 15.1 Å².